The zero-order valence-corrected chi connectivity index (χ0v) is 16.5. The fourth-order valence-electron chi connectivity index (χ4n) is 2.08. The van der Waals surface area contributed by atoms with Gasteiger partial charge in [0.1, 0.15) is 0 Å². The van der Waals surface area contributed by atoms with Crippen LogP contribution in [0.25, 0.3) is 0 Å². The van der Waals surface area contributed by atoms with Gasteiger partial charge in [-0.05, 0) is 41.8 Å². The van der Waals surface area contributed by atoms with Crippen LogP contribution in [0.4, 0.5) is 0 Å². The van der Waals surface area contributed by atoms with Crippen LogP contribution in [0.5, 0.6) is 11.5 Å². The topological polar surface area (TPSA) is 18.5 Å². The molecule has 1 atom stereocenters. The third kappa shape index (κ3) is 4.24. The zero-order chi connectivity index (χ0) is 15.4. The fourth-order valence-corrected chi connectivity index (χ4v) is 4.48. The van der Waals surface area contributed by atoms with E-state index in [-0.39, 0.29) is 4.83 Å². The molecule has 0 spiro atoms. The average molecular weight is 479 g/mol. The molecule has 0 N–H and O–H groups in total. The molecular weight excluding hydrogens is 464 g/mol. The summed E-state index contributed by atoms with van der Waals surface area (Å²) in [6.07, 6.45) is 0.862. The Balaban J connectivity index is 2.21. The quantitative estimate of drug-likeness (QED) is 0.497. The number of hydrogen-bond acceptors (Lipinski definition) is 2. The van der Waals surface area contributed by atoms with Crippen molar-refractivity contribution in [3.8, 4) is 11.5 Å². The Morgan fingerprint density at radius 3 is 2.29 bits per heavy atom. The highest BCUT2D eigenvalue weighted by Crippen LogP contribution is 2.36. The van der Waals surface area contributed by atoms with Crippen LogP contribution in [0.3, 0.4) is 0 Å². The average Bonchev–Trinajstić information content (AvgIpc) is 2.46. The minimum atomic E-state index is 0.220. The number of hydrogen-bond donors (Lipinski definition) is 0. The maximum Gasteiger partial charge on any atom is 0.160 e. The highest BCUT2D eigenvalue weighted by Gasteiger charge is 2.14. The van der Waals surface area contributed by atoms with E-state index in [0.29, 0.717) is 0 Å². The summed E-state index contributed by atoms with van der Waals surface area (Å²) < 4.78 is 12.8. The molecule has 2 aromatic carbocycles. The van der Waals surface area contributed by atoms with Crippen LogP contribution in [-0.4, -0.2) is 14.2 Å². The van der Waals surface area contributed by atoms with E-state index in [9.17, 15) is 0 Å². The number of alkyl halides is 1. The van der Waals surface area contributed by atoms with E-state index in [1.54, 1.807) is 14.2 Å². The summed E-state index contributed by atoms with van der Waals surface area (Å²) in [4.78, 5) is 0.220. The second-order valence-electron chi connectivity index (χ2n) is 4.53. The van der Waals surface area contributed by atoms with Crippen molar-refractivity contribution in [2.75, 3.05) is 14.2 Å². The van der Waals surface area contributed by atoms with Crippen molar-refractivity contribution in [3.05, 3.63) is 56.5 Å². The van der Waals surface area contributed by atoms with Crippen LogP contribution in [0.1, 0.15) is 16.0 Å². The highest BCUT2D eigenvalue weighted by molar-refractivity contribution is 9.11. The van der Waals surface area contributed by atoms with Crippen LogP contribution >= 0.6 is 47.8 Å². The normalized spacial score (nSPS) is 12.0. The number of halogens is 3. The van der Waals surface area contributed by atoms with Gasteiger partial charge in [0.25, 0.3) is 0 Å². The fraction of sp³-hybridized carbons (Fsp3) is 0.250. The van der Waals surface area contributed by atoms with Crippen molar-refractivity contribution in [3.63, 3.8) is 0 Å². The summed E-state index contributed by atoms with van der Waals surface area (Å²) >= 11 is 10.8. The van der Waals surface area contributed by atoms with Gasteiger partial charge in [-0.3, -0.25) is 0 Å². The number of methoxy groups -OCH3 is 2. The first-order valence-corrected chi connectivity index (χ1v) is 8.85. The molecule has 21 heavy (non-hydrogen) atoms. The molecule has 0 radical (unpaired) electrons. The molecule has 1 unspecified atom stereocenters. The summed E-state index contributed by atoms with van der Waals surface area (Å²) in [5.74, 6) is 1.50. The van der Waals surface area contributed by atoms with Crippen molar-refractivity contribution in [1.29, 1.82) is 0 Å². The smallest absolute Gasteiger partial charge is 0.160 e. The molecule has 0 aliphatic heterocycles. The summed E-state index contributed by atoms with van der Waals surface area (Å²) in [6, 6.07) is 12.2. The molecule has 0 bridgehead atoms. The van der Waals surface area contributed by atoms with Crippen LogP contribution in [0.2, 0.25) is 0 Å². The Hall–Kier alpha value is -0.520. The lowest BCUT2D eigenvalue weighted by Gasteiger charge is -2.14. The van der Waals surface area contributed by atoms with Gasteiger partial charge in [-0.1, -0.05) is 59.9 Å². The molecule has 0 aliphatic rings. The number of rotatable bonds is 5. The van der Waals surface area contributed by atoms with Crippen molar-refractivity contribution in [1.82, 2.24) is 0 Å². The van der Waals surface area contributed by atoms with E-state index < -0.39 is 0 Å². The van der Waals surface area contributed by atoms with Crippen LogP contribution in [0.15, 0.2) is 45.3 Å². The maximum atomic E-state index is 5.35. The number of benzene rings is 2. The van der Waals surface area contributed by atoms with Gasteiger partial charge in [-0.25, -0.2) is 0 Å². The number of ether oxygens (including phenoxy) is 2. The van der Waals surface area contributed by atoms with Crippen molar-refractivity contribution in [2.24, 2.45) is 0 Å². The molecule has 0 aromatic heterocycles. The largest absolute Gasteiger partial charge is 0.493 e. The molecule has 0 saturated carbocycles. The minimum absolute atomic E-state index is 0.220. The van der Waals surface area contributed by atoms with Gasteiger partial charge in [0.2, 0.25) is 0 Å². The Bertz CT molecular complexity index is 629. The first-order chi connectivity index (χ1) is 10.0. The first kappa shape index (κ1) is 16.8. The SMILES string of the molecule is COc1ccc(CC(Br)c2ccc(Br)cc2Br)cc1OC. The second kappa shape index (κ2) is 7.65. The molecule has 0 heterocycles. The zero-order valence-electron chi connectivity index (χ0n) is 11.7. The van der Waals surface area contributed by atoms with E-state index in [1.807, 2.05) is 18.2 Å². The summed E-state index contributed by atoms with van der Waals surface area (Å²) in [5, 5.41) is 0. The lowest BCUT2D eigenvalue weighted by molar-refractivity contribution is 0.354. The van der Waals surface area contributed by atoms with Gasteiger partial charge >= 0.3 is 0 Å². The van der Waals surface area contributed by atoms with Gasteiger partial charge < -0.3 is 9.47 Å². The van der Waals surface area contributed by atoms with Gasteiger partial charge in [0.15, 0.2) is 11.5 Å². The molecule has 5 heteroatoms. The van der Waals surface area contributed by atoms with Crippen molar-refractivity contribution >= 4 is 47.8 Å². The van der Waals surface area contributed by atoms with Gasteiger partial charge in [0.05, 0.1) is 14.2 Å². The van der Waals surface area contributed by atoms with Gasteiger partial charge in [-0.15, -0.1) is 0 Å². The van der Waals surface area contributed by atoms with E-state index in [2.05, 4.69) is 66.0 Å². The second-order valence-corrected chi connectivity index (χ2v) is 7.40. The maximum absolute atomic E-state index is 5.35. The molecule has 2 nitrogen and oxygen atoms in total. The lowest BCUT2D eigenvalue weighted by atomic mass is 10.0. The highest BCUT2D eigenvalue weighted by atomic mass is 79.9. The predicted molar refractivity (Wildman–Crippen MR) is 96.8 cm³/mol. The van der Waals surface area contributed by atoms with Crippen molar-refractivity contribution in [2.45, 2.75) is 11.2 Å². The van der Waals surface area contributed by atoms with Crippen LogP contribution in [-0.2, 0) is 6.42 Å². The van der Waals surface area contributed by atoms with Crippen molar-refractivity contribution < 1.29 is 9.47 Å². The Morgan fingerprint density at radius 1 is 0.952 bits per heavy atom. The molecule has 0 saturated heterocycles. The monoisotopic (exact) mass is 476 g/mol. The molecule has 0 amide bonds. The third-order valence-electron chi connectivity index (χ3n) is 3.16. The van der Waals surface area contributed by atoms with E-state index in [4.69, 9.17) is 9.47 Å². The van der Waals surface area contributed by atoms with E-state index in [0.717, 1.165) is 26.9 Å². The Labute approximate surface area is 150 Å². The standard InChI is InChI=1S/C16H15Br3O2/c1-20-15-6-3-10(8-16(15)21-2)7-13(18)12-5-4-11(17)9-14(12)19/h3-6,8-9,13H,7H2,1-2H3. The molecule has 2 aromatic rings. The molecule has 0 fully saturated rings. The Kier molecular flexibility index (Phi) is 6.14. The Morgan fingerprint density at radius 2 is 1.67 bits per heavy atom. The molecular formula is C16H15Br3O2. The molecule has 0 aliphatic carbocycles. The summed E-state index contributed by atoms with van der Waals surface area (Å²) in [5.41, 5.74) is 2.40. The van der Waals surface area contributed by atoms with E-state index >= 15 is 0 Å². The van der Waals surface area contributed by atoms with Gasteiger partial charge in [-0.2, -0.15) is 0 Å². The van der Waals surface area contributed by atoms with Crippen LogP contribution < -0.4 is 9.47 Å². The molecule has 2 rings (SSSR count). The minimum Gasteiger partial charge on any atom is -0.493 e. The van der Waals surface area contributed by atoms with Gasteiger partial charge in [0, 0.05) is 13.8 Å². The third-order valence-corrected chi connectivity index (χ3v) is 5.16. The predicted octanol–water partition coefficient (Wildman–Crippen LogP) is 5.91. The van der Waals surface area contributed by atoms with Crippen LogP contribution in [0, 0.1) is 0 Å². The van der Waals surface area contributed by atoms with E-state index in [1.165, 1.54) is 11.1 Å². The molecule has 112 valence electrons. The first-order valence-electron chi connectivity index (χ1n) is 6.35. The summed E-state index contributed by atoms with van der Waals surface area (Å²) in [7, 11) is 3.29. The summed E-state index contributed by atoms with van der Waals surface area (Å²) in [6.45, 7) is 0. The lowest BCUT2D eigenvalue weighted by Crippen LogP contribution is -1.98.